The number of hydrogen-bond donors (Lipinski definition) is 1. The van der Waals surface area contributed by atoms with Gasteiger partial charge in [0.1, 0.15) is 5.75 Å². The number of nitrogens with one attached hydrogen (secondary N) is 1. The SMILES string of the molecule is COc1ccc(Cc2cnc(NC(=O)[C@@H]3Cc4ccccc4C(=O)O3)s2)cc1. The number of esters is 1. The van der Waals surface area contributed by atoms with Crippen LogP contribution in [0, 0.1) is 0 Å². The monoisotopic (exact) mass is 394 g/mol. The fourth-order valence-corrected chi connectivity index (χ4v) is 3.90. The summed E-state index contributed by atoms with van der Waals surface area (Å²) < 4.78 is 10.4. The van der Waals surface area contributed by atoms with E-state index >= 15 is 0 Å². The minimum atomic E-state index is -0.851. The molecular weight excluding hydrogens is 376 g/mol. The first-order chi connectivity index (χ1) is 13.6. The van der Waals surface area contributed by atoms with Crippen LogP contribution in [0.15, 0.2) is 54.7 Å². The molecule has 28 heavy (non-hydrogen) atoms. The van der Waals surface area contributed by atoms with E-state index in [9.17, 15) is 9.59 Å². The minimum Gasteiger partial charge on any atom is -0.497 e. The first kappa shape index (κ1) is 18.2. The first-order valence-electron chi connectivity index (χ1n) is 8.80. The molecule has 0 saturated heterocycles. The number of nitrogens with zero attached hydrogens (tertiary/aromatic N) is 1. The maximum atomic E-state index is 12.5. The molecule has 1 amide bonds. The van der Waals surface area contributed by atoms with Crippen molar-refractivity contribution in [2.24, 2.45) is 0 Å². The van der Waals surface area contributed by atoms with Gasteiger partial charge in [0.15, 0.2) is 11.2 Å². The molecule has 1 aliphatic rings. The number of ether oxygens (including phenoxy) is 2. The summed E-state index contributed by atoms with van der Waals surface area (Å²) in [7, 11) is 1.63. The number of amides is 1. The Morgan fingerprint density at radius 1 is 1.25 bits per heavy atom. The highest BCUT2D eigenvalue weighted by molar-refractivity contribution is 7.15. The lowest BCUT2D eigenvalue weighted by Gasteiger charge is -2.23. The Labute approximate surface area is 166 Å². The minimum absolute atomic E-state index is 0.359. The summed E-state index contributed by atoms with van der Waals surface area (Å²) in [4.78, 5) is 29.9. The molecule has 1 aromatic heterocycles. The zero-order valence-electron chi connectivity index (χ0n) is 15.2. The summed E-state index contributed by atoms with van der Waals surface area (Å²) in [5, 5.41) is 3.25. The van der Waals surface area contributed by atoms with Gasteiger partial charge in [0.2, 0.25) is 0 Å². The number of fused-ring (bicyclic) bond motifs is 1. The fraction of sp³-hybridized carbons (Fsp3) is 0.190. The number of rotatable bonds is 5. The van der Waals surface area contributed by atoms with E-state index in [1.54, 1.807) is 25.4 Å². The second-order valence-electron chi connectivity index (χ2n) is 6.40. The molecule has 0 unspecified atom stereocenters. The topological polar surface area (TPSA) is 77.5 Å². The van der Waals surface area contributed by atoms with Gasteiger partial charge in [-0.2, -0.15) is 0 Å². The van der Waals surface area contributed by atoms with Crippen molar-refractivity contribution in [3.05, 3.63) is 76.3 Å². The smallest absolute Gasteiger partial charge is 0.339 e. The number of cyclic esters (lactones) is 1. The van der Waals surface area contributed by atoms with Gasteiger partial charge >= 0.3 is 5.97 Å². The van der Waals surface area contributed by atoms with Gasteiger partial charge in [0, 0.05) is 23.9 Å². The third-order valence-electron chi connectivity index (χ3n) is 4.51. The number of anilines is 1. The van der Waals surface area contributed by atoms with E-state index < -0.39 is 12.1 Å². The molecule has 4 rings (SSSR count). The maximum Gasteiger partial charge on any atom is 0.339 e. The van der Waals surface area contributed by atoms with E-state index in [2.05, 4.69) is 10.3 Å². The zero-order valence-corrected chi connectivity index (χ0v) is 16.0. The second kappa shape index (κ2) is 7.82. The molecule has 0 spiro atoms. The van der Waals surface area contributed by atoms with Crippen LogP contribution in [0.4, 0.5) is 5.13 Å². The van der Waals surface area contributed by atoms with Crippen molar-refractivity contribution >= 4 is 28.3 Å². The Morgan fingerprint density at radius 2 is 2.04 bits per heavy atom. The van der Waals surface area contributed by atoms with E-state index in [0.717, 1.165) is 21.8 Å². The van der Waals surface area contributed by atoms with Crippen molar-refractivity contribution < 1.29 is 19.1 Å². The Morgan fingerprint density at radius 3 is 2.82 bits per heavy atom. The molecule has 142 valence electrons. The normalized spacial score (nSPS) is 15.5. The van der Waals surface area contributed by atoms with Crippen molar-refractivity contribution in [3.8, 4) is 5.75 Å². The first-order valence-corrected chi connectivity index (χ1v) is 9.61. The number of carbonyl (C=O) groups excluding carboxylic acids is 2. The lowest BCUT2D eigenvalue weighted by molar-refractivity contribution is -0.125. The average Bonchev–Trinajstić information content (AvgIpc) is 3.15. The summed E-state index contributed by atoms with van der Waals surface area (Å²) in [6.07, 6.45) is 1.96. The molecule has 3 aromatic rings. The Hall–Kier alpha value is -3.19. The second-order valence-corrected chi connectivity index (χ2v) is 7.52. The Balaban J connectivity index is 1.39. The molecule has 7 heteroatoms. The maximum absolute atomic E-state index is 12.5. The fourth-order valence-electron chi connectivity index (χ4n) is 3.06. The average molecular weight is 394 g/mol. The summed E-state index contributed by atoms with van der Waals surface area (Å²) >= 11 is 1.40. The van der Waals surface area contributed by atoms with Crippen LogP contribution in [0.2, 0.25) is 0 Å². The summed E-state index contributed by atoms with van der Waals surface area (Å²) in [5.41, 5.74) is 2.46. The number of hydrogen-bond acceptors (Lipinski definition) is 6. The van der Waals surface area contributed by atoms with Crippen LogP contribution < -0.4 is 10.1 Å². The quantitative estimate of drug-likeness (QED) is 0.671. The molecule has 2 aromatic carbocycles. The van der Waals surface area contributed by atoms with Crippen molar-refractivity contribution in [1.29, 1.82) is 0 Å². The van der Waals surface area contributed by atoms with Crippen LogP contribution >= 0.6 is 11.3 Å². The highest BCUT2D eigenvalue weighted by atomic mass is 32.1. The summed E-state index contributed by atoms with van der Waals surface area (Å²) in [5.74, 6) is -0.0286. The van der Waals surface area contributed by atoms with Gasteiger partial charge < -0.3 is 9.47 Å². The van der Waals surface area contributed by atoms with Crippen LogP contribution in [0.5, 0.6) is 5.75 Å². The van der Waals surface area contributed by atoms with Crippen molar-refractivity contribution in [2.75, 3.05) is 12.4 Å². The largest absolute Gasteiger partial charge is 0.497 e. The molecule has 2 heterocycles. The van der Waals surface area contributed by atoms with E-state index in [1.807, 2.05) is 36.4 Å². The van der Waals surface area contributed by atoms with E-state index in [0.29, 0.717) is 23.5 Å². The number of thiazole rings is 1. The Kier molecular flexibility index (Phi) is 5.08. The predicted molar refractivity (Wildman–Crippen MR) is 106 cm³/mol. The number of methoxy groups -OCH3 is 1. The number of benzene rings is 2. The molecule has 0 saturated carbocycles. The zero-order chi connectivity index (χ0) is 19.5. The third kappa shape index (κ3) is 3.89. The van der Waals surface area contributed by atoms with Gasteiger partial charge in [0.05, 0.1) is 12.7 Å². The molecule has 1 atom stereocenters. The Bertz CT molecular complexity index is 1010. The summed E-state index contributed by atoms with van der Waals surface area (Å²) in [6, 6.07) is 15.0. The van der Waals surface area contributed by atoms with Crippen LogP contribution in [0.3, 0.4) is 0 Å². The molecule has 0 radical (unpaired) electrons. The van der Waals surface area contributed by atoms with Gasteiger partial charge in [-0.3, -0.25) is 10.1 Å². The predicted octanol–water partition coefficient (Wildman–Crippen LogP) is 3.46. The van der Waals surface area contributed by atoms with Crippen molar-refractivity contribution in [2.45, 2.75) is 18.9 Å². The molecule has 0 fully saturated rings. The van der Waals surface area contributed by atoms with Gasteiger partial charge in [-0.15, -0.1) is 11.3 Å². The molecule has 0 aliphatic carbocycles. The number of carbonyl (C=O) groups is 2. The van der Waals surface area contributed by atoms with Crippen molar-refractivity contribution in [3.63, 3.8) is 0 Å². The molecular formula is C21H18N2O4S. The standard InChI is InChI=1S/C21H18N2O4S/c1-26-15-8-6-13(7-9-15)10-16-12-22-21(28-16)23-19(24)18-11-14-4-2-3-5-17(14)20(25)27-18/h2-9,12,18H,10-11H2,1H3,(H,22,23,24)/t18-/m0/s1. The molecule has 1 N–H and O–H groups in total. The highest BCUT2D eigenvalue weighted by Crippen LogP contribution is 2.25. The van der Waals surface area contributed by atoms with E-state index in [1.165, 1.54) is 11.3 Å². The van der Waals surface area contributed by atoms with Crippen LogP contribution in [0.25, 0.3) is 0 Å². The lowest BCUT2D eigenvalue weighted by atomic mass is 9.98. The van der Waals surface area contributed by atoms with Crippen LogP contribution in [-0.4, -0.2) is 30.1 Å². The van der Waals surface area contributed by atoms with Crippen LogP contribution in [0.1, 0.15) is 26.4 Å². The van der Waals surface area contributed by atoms with Gasteiger partial charge in [-0.1, -0.05) is 30.3 Å². The van der Waals surface area contributed by atoms with Gasteiger partial charge in [-0.25, -0.2) is 9.78 Å². The van der Waals surface area contributed by atoms with E-state index in [-0.39, 0.29) is 5.91 Å². The van der Waals surface area contributed by atoms with E-state index in [4.69, 9.17) is 9.47 Å². The summed E-state index contributed by atoms with van der Waals surface area (Å²) in [6.45, 7) is 0. The van der Waals surface area contributed by atoms with Gasteiger partial charge in [0.25, 0.3) is 5.91 Å². The highest BCUT2D eigenvalue weighted by Gasteiger charge is 2.31. The molecule has 0 bridgehead atoms. The molecule has 1 aliphatic heterocycles. The number of aromatic nitrogens is 1. The van der Waals surface area contributed by atoms with Gasteiger partial charge in [-0.05, 0) is 29.3 Å². The molecule has 6 nitrogen and oxygen atoms in total. The van der Waals surface area contributed by atoms with Crippen molar-refractivity contribution in [1.82, 2.24) is 4.98 Å². The van der Waals surface area contributed by atoms with Crippen LogP contribution in [-0.2, 0) is 22.4 Å². The lowest BCUT2D eigenvalue weighted by Crippen LogP contribution is -2.37. The third-order valence-corrected chi connectivity index (χ3v) is 5.42.